The summed E-state index contributed by atoms with van der Waals surface area (Å²) in [6.45, 7) is 0. The average molecular weight is 335 g/mol. The van der Waals surface area contributed by atoms with Crippen LogP contribution in [-0.2, 0) is 6.18 Å². The number of tetrazole rings is 1. The molecule has 0 bridgehead atoms. The number of halogens is 3. The summed E-state index contributed by atoms with van der Waals surface area (Å²) >= 11 is 0. The summed E-state index contributed by atoms with van der Waals surface area (Å²) in [5.74, 6) is 0.324. The largest absolute Gasteiger partial charge is 0.497 e. The molecule has 1 heterocycles. The summed E-state index contributed by atoms with van der Waals surface area (Å²) in [6.07, 6.45) is -4.50. The van der Waals surface area contributed by atoms with Crippen molar-refractivity contribution in [2.75, 3.05) is 12.8 Å². The summed E-state index contributed by atoms with van der Waals surface area (Å²) in [7, 11) is 1.31. The highest BCUT2D eigenvalue weighted by Gasteiger charge is 2.31. The number of nitrogens with zero attached hydrogens (tertiary/aromatic N) is 3. The fourth-order valence-corrected chi connectivity index (χ4v) is 2.31. The summed E-state index contributed by atoms with van der Waals surface area (Å²) in [5.41, 5.74) is 6.64. The lowest BCUT2D eigenvalue weighted by Gasteiger charge is -2.14. The van der Waals surface area contributed by atoms with Gasteiger partial charge in [0, 0.05) is 11.3 Å². The van der Waals surface area contributed by atoms with E-state index in [4.69, 9.17) is 10.5 Å². The summed E-state index contributed by atoms with van der Waals surface area (Å²) in [4.78, 5) is 0. The summed E-state index contributed by atoms with van der Waals surface area (Å²) in [6, 6.07) is 8.26. The Kier molecular flexibility index (Phi) is 3.84. The van der Waals surface area contributed by atoms with E-state index >= 15 is 0 Å². The van der Waals surface area contributed by atoms with Crippen LogP contribution in [0.1, 0.15) is 5.56 Å². The van der Waals surface area contributed by atoms with Crippen molar-refractivity contribution in [1.29, 1.82) is 0 Å². The van der Waals surface area contributed by atoms with Crippen LogP contribution in [0.4, 0.5) is 18.9 Å². The van der Waals surface area contributed by atoms with Crippen LogP contribution in [0.25, 0.3) is 22.5 Å². The Labute approximate surface area is 134 Å². The number of nitrogens with two attached hydrogens (primary N) is 1. The van der Waals surface area contributed by atoms with Gasteiger partial charge in [0.05, 0.1) is 12.7 Å². The van der Waals surface area contributed by atoms with Gasteiger partial charge in [0.2, 0.25) is 5.82 Å². The van der Waals surface area contributed by atoms with Crippen molar-refractivity contribution < 1.29 is 17.9 Å². The average Bonchev–Trinajstić information content (AvgIpc) is 3.07. The smallest absolute Gasteiger partial charge is 0.416 e. The minimum atomic E-state index is -4.50. The maximum atomic E-state index is 13.1. The van der Waals surface area contributed by atoms with Crippen LogP contribution in [-0.4, -0.2) is 27.7 Å². The van der Waals surface area contributed by atoms with Gasteiger partial charge in [-0.05, 0) is 46.7 Å². The van der Waals surface area contributed by atoms with Crippen molar-refractivity contribution in [3.8, 4) is 28.3 Å². The molecule has 6 nitrogen and oxygen atoms in total. The van der Waals surface area contributed by atoms with Crippen LogP contribution in [0.3, 0.4) is 0 Å². The molecule has 9 heteroatoms. The number of H-pyrrole nitrogens is 1. The van der Waals surface area contributed by atoms with Gasteiger partial charge in [-0.3, -0.25) is 0 Å². The Balaban J connectivity index is 2.23. The maximum Gasteiger partial charge on any atom is 0.416 e. The second kappa shape index (κ2) is 5.84. The molecule has 1 aromatic heterocycles. The second-order valence-electron chi connectivity index (χ2n) is 4.99. The molecule has 0 aliphatic rings. The number of nitrogen functional groups attached to an aromatic ring is 1. The predicted molar refractivity (Wildman–Crippen MR) is 81.0 cm³/mol. The first-order chi connectivity index (χ1) is 11.4. The number of anilines is 1. The molecule has 0 spiro atoms. The molecule has 0 aliphatic heterocycles. The van der Waals surface area contributed by atoms with Crippen LogP contribution < -0.4 is 10.5 Å². The number of hydrogen-bond donors (Lipinski definition) is 2. The third kappa shape index (κ3) is 3.00. The van der Waals surface area contributed by atoms with E-state index < -0.39 is 11.7 Å². The SMILES string of the molecule is COc1cc(-c2ccc(N)cc2-c2nn[nH]n2)cc(C(F)(F)F)c1. The Morgan fingerprint density at radius 3 is 2.50 bits per heavy atom. The number of methoxy groups -OCH3 is 1. The van der Waals surface area contributed by atoms with Crippen LogP contribution in [0.2, 0.25) is 0 Å². The highest BCUT2D eigenvalue weighted by molar-refractivity contribution is 5.83. The number of ether oxygens (including phenoxy) is 1. The minimum absolute atomic E-state index is 0.0933. The summed E-state index contributed by atoms with van der Waals surface area (Å²) in [5, 5.41) is 13.5. The van der Waals surface area contributed by atoms with Crippen LogP contribution in [0.15, 0.2) is 36.4 Å². The fourth-order valence-electron chi connectivity index (χ4n) is 2.31. The monoisotopic (exact) mass is 335 g/mol. The van der Waals surface area contributed by atoms with E-state index in [1.807, 2.05) is 0 Å². The molecular formula is C15H12F3N5O. The molecule has 0 unspecified atom stereocenters. The first-order valence-electron chi connectivity index (χ1n) is 6.78. The predicted octanol–water partition coefficient (Wildman–Crippen LogP) is 3.14. The van der Waals surface area contributed by atoms with Crippen LogP contribution in [0.5, 0.6) is 5.75 Å². The number of aromatic amines is 1. The van der Waals surface area contributed by atoms with Gasteiger partial charge in [-0.1, -0.05) is 6.07 Å². The highest BCUT2D eigenvalue weighted by atomic mass is 19.4. The Morgan fingerprint density at radius 1 is 1.08 bits per heavy atom. The van der Waals surface area contributed by atoms with Crippen molar-refractivity contribution in [3.05, 3.63) is 42.0 Å². The zero-order chi connectivity index (χ0) is 17.3. The van der Waals surface area contributed by atoms with Gasteiger partial charge < -0.3 is 10.5 Å². The van der Waals surface area contributed by atoms with Crippen LogP contribution >= 0.6 is 0 Å². The number of aromatic nitrogens is 4. The quantitative estimate of drug-likeness (QED) is 0.718. The number of rotatable bonds is 3. The molecule has 24 heavy (non-hydrogen) atoms. The van der Waals surface area contributed by atoms with E-state index in [0.29, 0.717) is 22.4 Å². The zero-order valence-electron chi connectivity index (χ0n) is 12.4. The molecule has 0 atom stereocenters. The fraction of sp³-hybridized carbons (Fsp3) is 0.133. The van der Waals surface area contributed by atoms with E-state index in [2.05, 4.69) is 20.6 Å². The lowest BCUT2D eigenvalue weighted by molar-refractivity contribution is -0.137. The van der Waals surface area contributed by atoms with Crippen molar-refractivity contribution in [1.82, 2.24) is 20.6 Å². The normalized spacial score (nSPS) is 11.5. The number of benzene rings is 2. The highest BCUT2D eigenvalue weighted by Crippen LogP contribution is 2.38. The first kappa shape index (κ1) is 15.8. The Hall–Kier alpha value is -3.10. The lowest BCUT2D eigenvalue weighted by Crippen LogP contribution is -2.05. The molecule has 0 aliphatic carbocycles. The van der Waals surface area contributed by atoms with E-state index in [1.54, 1.807) is 18.2 Å². The van der Waals surface area contributed by atoms with Gasteiger partial charge in [0.1, 0.15) is 5.75 Å². The third-order valence-corrected chi connectivity index (χ3v) is 3.41. The molecular weight excluding hydrogens is 323 g/mol. The van der Waals surface area contributed by atoms with Gasteiger partial charge in [0.25, 0.3) is 0 Å². The summed E-state index contributed by atoms with van der Waals surface area (Å²) < 4.78 is 44.4. The Bertz CT molecular complexity index is 862. The van der Waals surface area contributed by atoms with Gasteiger partial charge >= 0.3 is 6.18 Å². The van der Waals surface area contributed by atoms with Gasteiger partial charge in [-0.15, -0.1) is 10.2 Å². The molecule has 3 N–H and O–H groups in total. The first-order valence-corrected chi connectivity index (χ1v) is 6.78. The molecule has 2 aromatic carbocycles. The topological polar surface area (TPSA) is 89.7 Å². The number of hydrogen-bond acceptors (Lipinski definition) is 5. The number of alkyl halides is 3. The van der Waals surface area contributed by atoms with Crippen molar-refractivity contribution in [2.24, 2.45) is 0 Å². The van der Waals surface area contributed by atoms with E-state index in [9.17, 15) is 13.2 Å². The van der Waals surface area contributed by atoms with Crippen molar-refractivity contribution in [3.63, 3.8) is 0 Å². The number of nitrogens with one attached hydrogen (secondary N) is 1. The standard InChI is InChI=1S/C15H12F3N5O/c1-24-11-5-8(4-9(6-11)15(16,17)18)12-3-2-10(19)7-13(12)14-20-22-23-21-14/h2-7H,19H2,1H3,(H,20,21,22,23). The molecule has 0 amide bonds. The molecule has 3 rings (SSSR count). The molecule has 3 aromatic rings. The molecule has 0 radical (unpaired) electrons. The zero-order valence-corrected chi connectivity index (χ0v) is 12.4. The van der Waals surface area contributed by atoms with Crippen molar-refractivity contribution in [2.45, 2.75) is 6.18 Å². The van der Waals surface area contributed by atoms with Gasteiger partial charge in [-0.2, -0.15) is 18.4 Å². The molecule has 0 saturated carbocycles. The van der Waals surface area contributed by atoms with E-state index in [1.165, 1.54) is 13.2 Å². The molecule has 0 saturated heterocycles. The lowest BCUT2D eigenvalue weighted by atomic mass is 9.96. The molecule has 124 valence electrons. The van der Waals surface area contributed by atoms with Gasteiger partial charge in [-0.25, -0.2) is 0 Å². The molecule has 0 fully saturated rings. The second-order valence-corrected chi connectivity index (χ2v) is 4.99. The maximum absolute atomic E-state index is 13.1. The van der Waals surface area contributed by atoms with Crippen molar-refractivity contribution >= 4 is 5.69 Å². The van der Waals surface area contributed by atoms with Gasteiger partial charge in [0.15, 0.2) is 0 Å². The van der Waals surface area contributed by atoms with E-state index in [-0.39, 0.29) is 11.6 Å². The minimum Gasteiger partial charge on any atom is -0.497 e. The Morgan fingerprint density at radius 2 is 1.88 bits per heavy atom. The third-order valence-electron chi connectivity index (χ3n) is 3.41. The van der Waals surface area contributed by atoms with E-state index in [0.717, 1.165) is 12.1 Å². The van der Waals surface area contributed by atoms with Crippen LogP contribution in [0, 0.1) is 0 Å².